The summed E-state index contributed by atoms with van der Waals surface area (Å²) in [4.78, 5) is 13.2. The van der Waals surface area contributed by atoms with Crippen LogP contribution in [-0.2, 0) is 11.8 Å². The summed E-state index contributed by atoms with van der Waals surface area (Å²) < 4.78 is 1.70. The molecule has 0 radical (unpaired) electrons. The van der Waals surface area contributed by atoms with Crippen LogP contribution < -0.4 is 10.2 Å². The molecule has 0 aliphatic carbocycles. The molecule has 1 aliphatic heterocycles. The normalized spacial score (nSPS) is 24.2. The molecule has 17 heavy (non-hydrogen) atoms. The molecule has 1 fully saturated rings. The van der Waals surface area contributed by atoms with Crippen LogP contribution in [0.15, 0.2) is 12.4 Å². The average molecular weight is 238 g/mol. The molecule has 0 bridgehead atoms. The van der Waals surface area contributed by atoms with Crippen molar-refractivity contribution in [2.24, 2.45) is 7.05 Å². The number of anilines is 1. The number of nitrogens with one attached hydrogen (secondary N) is 1. The van der Waals surface area contributed by atoms with Crippen molar-refractivity contribution in [1.29, 1.82) is 0 Å². The lowest BCUT2D eigenvalue weighted by Crippen LogP contribution is -2.44. The highest BCUT2D eigenvalue weighted by Gasteiger charge is 2.38. The quantitative estimate of drug-likeness (QED) is 0.776. The van der Waals surface area contributed by atoms with Gasteiger partial charge in [-0.1, -0.05) is 0 Å². The van der Waals surface area contributed by atoms with Crippen LogP contribution in [0.5, 0.6) is 0 Å². The molecule has 0 aromatic carbocycles. The lowest BCUT2D eigenvalue weighted by Gasteiger charge is -2.28. The maximum Gasteiger partial charge on any atom is 0.326 e. The van der Waals surface area contributed by atoms with E-state index in [9.17, 15) is 9.90 Å². The van der Waals surface area contributed by atoms with Crippen molar-refractivity contribution in [3.8, 4) is 0 Å². The molecule has 6 nitrogen and oxygen atoms in total. The van der Waals surface area contributed by atoms with Gasteiger partial charge in [0.05, 0.1) is 11.9 Å². The van der Waals surface area contributed by atoms with E-state index in [0.29, 0.717) is 6.42 Å². The lowest BCUT2D eigenvalue weighted by atomic mass is 10.2. The number of nitrogens with zero attached hydrogens (tertiary/aromatic N) is 3. The summed E-state index contributed by atoms with van der Waals surface area (Å²) in [5, 5.41) is 16.5. The number of carboxylic acids is 1. The molecule has 2 rings (SSSR count). The van der Waals surface area contributed by atoms with Crippen LogP contribution in [0.3, 0.4) is 0 Å². The first-order valence-corrected chi connectivity index (χ1v) is 5.78. The van der Waals surface area contributed by atoms with E-state index in [1.54, 1.807) is 10.9 Å². The van der Waals surface area contributed by atoms with E-state index in [1.807, 2.05) is 25.2 Å². The van der Waals surface area contributed by atoms with Gasteiger partial charge in [0.2, 0.25) is 0 Å². The van der Waals surface area contributed by atoms with Gasteiger partial charge in [0, 0.05) is 25.8 Å². The highest BCUT2D eigenvalue weighted by Crippen LogP contribution is 2.30. The number of likely N-dealkylation sites (N-methyl/N-ethyl adjacent to an activating group) is 1. The third-order valence-corrected chi connectivity index (χ3v) is 3.22. The second-order valence-corrected chi connectivity index (χ2v) is 4.42. The molecular formula is C11H18N4O2. The number of carboxylic acid groups (broad SMARTS) is 1. The van der Waals surface area contributed by atoms with E-state index in [0.717, 1.165) is 18.7 Å². The van der Waals surface area contributed by atoms with Gasteiger partial charge in [-0.3, -0.25) is 4.68 Å². The molecule has 6 heteroatoms. The molecule has 2 heterocycles. The highest BCUT2D eigenvalue weighted by atomic mass is 16.4. The fourth-order valence-electron chi connectivity index (χ4n) is 2.49. The fourth-order valence-corrected chi connectivity index (χ4v) is 2.49. The van der Waals surface area contributed by atoms with Crippen molar-refractivity contribution in [3.63, 3.8) is 0 Å². The Bertz CT molecular complexity index is 404. The Morgan fingerprint density at radius 1 is 1.65 bits per heavy atom. The zero-order valence-electron chi connectivity index (χ0n) is 10.1. The van der Waals surface area contributed by atoms with Gasteiger partial charge < -0.3 is 15.3 Å². The summed E-state index contributed by atoms with van der Waals surface area (Å²) >= 11 is 0. The van der Waals surface area contributed by atoms with Gasteiger partial charge in [0.15, 0.2) is 0 Å². The Balaban J connectivity index is 2.25. The van der Waals surface area contributed by atoms with E-state index in [2.05, 4.69) is 10.4 Å². The van der Waals surface area contributed by atoms with Gasteiger partial charge in [-0.15, -0.1) is 0 Å². The SMILES string of the molecule is CNC[C@@H]1CC[C@@H](C(=O)O)N1c1cnn(C)c1. The van der Waals surface area contributed by atoms with Crippen LogP contribution in [0.4, 0.5) is 5.69 Å². The first-order chi connectivity index (χ1) is 8.13. The number of hydrogen-bond acceptors (Lipinski definition) is 4. The third-order valence-electron chi connectivity index (χ3n) is 3.22. The minimum atomic E-state index is -0.757. The zero-order valence-corrected chi connectivity index (χ0v) is 10.1. The van der Waals surface area contributed by atoms with Crippen molar-refractivity contribution in [2.75, 3.05) is 18.5 Å². The highest BCUT2D eigenvalue weighted by molar-refractivity contribution is 5.79. The molecule has 0 spiro atoms. The number of carbonyl (C=O) groups is 1. The standard InChI is InChI=1S/C11H18N4O2/c1-12-5-8-3-4-10(11(16)17)15(8)9-6-13-14(2)7-9/h6-8,10,12H,3-5H2,1-2H3,(H,16,17)/t8-,10-/m0/s1. The molecule has 0 amide bonds. The maximum absolute atomic E-state index is 11.3. The molecule has 0 unspecified atom stereocenters. The van der Waals surface area contributed by atoms with Gasteiger partial charge in [-0.05, 0) is 19.9 Å². The van der Waals surface area contributed by atoms with Crippen molar-refractivity contribution >= 4 is 11.7 Å². The smallest absolute Gasteiger partial charge is 0.326 e. The van der Waals surface area contributed by atoms with E-state index in [1.165, 1.54) is 0 Å². The minimum absolute atomic E-state index is 0.227. The second-order valence-electron chi connectivity index (χ2n) is 4.42. The average Bonchev–Trinajstić information content (AvgIpc) is 2.84. The summed E-state index contributed by atoms with van der Waals surface area (Å²) in [6, 6.07) is -0.206. The zero-order chi connectivity index (χ0) is 12.4. The molecule has 2 atom stereocenters. The van der Waals surface area contributed by atoms with E-state index in [-0.39, 0.29) is 6.04 Å². The molecule has 2 N–H and O–H groups in total. The fraction of sp³-hybridized carbons (Fsp3) is 0.636. The number of hydrogen-bond donors (Lipinski definition) is 2. The molecule has 0 saturated carbocycles. The van der Waals surface area contributed by atoms with Crippen molar-refractivity contribution < 1.29 is 9.90 Å². The van der Waals surface area contributed by atoms with E-state index < -0.39 is 12.0 Å². The second kappa shape index (κ2) is 4.75. The number of aryl methyl sites for hydroxylation is 1. The molecule has 1 saturated heterocycles. The largest absolute Gasteiger partial charge is 0.480 e. The van der Waals surface area contributed by atoms with Crippen molar-refractivity contribution in [3.05, 3.63) is 12.4 Å². The van der Waals surface area contributed by atoms with Crippen molar-refractivity contribution in [2.45, 2.75) is 24.9 Å². The molecule has 1 aliphatic rings. The molecule has 1 aromatic rings. The minimum Gasteiger partial charge on any atom is -0.480 e. The van der Waals surface area contributed by atoms with Crippen LogP contribution in [0.25, 0.3) is 0 Å². The van der Waals surface area contributed by atoms with Crippen LogP contribution in [-0.4, -0.2) is 46.5 Å². The molecule has 94 valence electrons. The Kier molecular flexibility index (Phi) is 3.33. The number of aliphatic carboxylic acids is 1. The van der Waals surface area contributed by atoms with Gasteiger partial charge in [0.1, 0.15) is 6.04 Å². The van der Waals surface area contributed by atoms with E-state index >= 15 is 0 Å². The molecule has 1 aromatic heterocycles. The monoisotopic (exact) mass is 238 g/mol. The van der Waals surface area contributed by atoms with Crippen LogP contribution in [0.2, 0.25) is 0 Å². The van der Waals surface area contributed by atoms with Crippen LogP contribution in [0, 0.1) is 0 Å². The van der Waals surface area contributed by atoms with E-state index in [4.69, 9.17) is 0 Å². The topological polar surface area (TPSA) is 70.4 Å². The van der Waals surface area contributed by atoms with Crippen LogP contribution >= 0.6 is 0 Å². The Hall–Kier alpha value is -1.56. The van der Waals surface area contributed by atoms with Crippen molar-refractivity contribution in [1.82, 2.24) is 15.1 Å². The third kappa shape index (κ3) is 2.26. The maximum atomic E-state index is 11.3. The van der Waals surface area contributed by atoms with Gasteiger partial charge in [0.25, 0.3) is 0 Å². The number of aromatic nitrogens is 2. The van der Waals surface area contributed by atoms with Gasteiger partial charge >= 0.3 is 5.97 Å². The Labute approximate surface area is 100 Å². The first kappa shape index (κ1) is 11.9. The lowest BCUT2D eigenvalue weighted by molar-refractivity contribution is -0.138. The van der Waals surface area contributed by atoms with Gasteiger partial charge in [-0.25, -0.2) is 4.79 Å². The van der Waals surface area contributed by atoms with Crippen LogP contribution in [0.1, 0.15) is 12.8 Å². The number of rotatable bonds is 4. The predicted molar refractivity (Wildman–Crippen MR) is 64.1 cm³/mol. The summed E-state index contributed by atoms with van der Waals surface area (Å²) in [6.45, 7) is 0.790. The predicted octanol–water partition coefficient (Wildman–Crippen LogP) is 0.0615. The Morgan fingerprint density at radius 2 is 2.41 bits per heavy atom. The summed E-state index contributed by atoms with van der Waals surface area (Å²) in [5.74, 6) is -0.757. The first-order valence-electron chi connectivity index (χ1n) is 5.78. The summed E-state index contributed by atoms with van der Waals surface area (Å²) in [5.41, 5.74) is 0.887. The molecular weight excluding hydrogens is 220 g/mol. The summed E-state index contributed by atoms with van der Waals surface area (Å²) in [7, 11) is 3.72. The summed E-state index contributed by atoms with van der Waals surface area (Å²) in [6.07, 6.45) is 5.18. The van der Waals surface area contributed by atoms with Gasteiger partial charge in [-0.2, -0.15) is 5.10 Å². The Morgan fingerprint density at radius 3 is 2.94 bits per heavy atom.